The van der Waals surface area contributed by atoms with Crippen LogP contribution in [0.25, 0.3) is 21.5 Å². The molecule has 4 N–H and O–H groups in total. The summed E-state index contributed by atoms with van der Waals surface area (Å²) < 4.78 is 30.6. The minimum atomic E-state index is -4.61. The van der Waals surface area contributed by atoms with Crippen LogP contribution in [0.4, 0.5) is 5.69 Å². The summed E-state index contributed by atoms with van der Waals surface area (Å²) in [7, 11) is -4.61. The van der Waals surface area contributed by atoms with E-state index in [9.17, 15) is 18.3 Å². The number of phenolic OH excluding ortho intramolecular Hbond substituents is 1. The smallest absolute Gasteiger partial charge is 0.356 e. The molecule has 146 valence electrons. The highest BCUT2D eigenvalue weighted by molar-refractivity contribution is 7.87. The van der Waals surface area contributed by atoms with E-state index in [0.717, 1.165) is 5.39 Å². The van der Waals surface area contributed by atoms with Gasteiger partial charge in [-0.05, 0) is 22.9 Å². The van der Waals surface area contributed by atoms with Crippen molar-refractivity contribution in [2.45, 2.75) is 4.90 Å². The van der Waals surface area contributed by atoms with Crippen LogP contribution in [-0.4, -0.2) is 19.5 Å². The lowest BCUT2D eigenvalue weighted by atomic mass is 10.0. The van der Waals surface area contributed by atoms with E-state index in [-0.39, 0.29) is 16.6 Å². The Morgan fingerprint density at radius 3 is 2.14 bits per heavy atom. The molecule has 0 amide bonds. The molecule has 7 nitrogen and oxygen atoms in total. The first-order chi connectivity index (χ1) is 13.9. The number of phenols is 1. The molecule has 0 saturated carbocycles. The van der Waals surface area contributed by atoms with Crippen molar-refractivity contribution in [1.82, 2.24) is 0 Å². The Hall–Kier alpha value is -3.62. The molecule has 0 aliphatic rings. The van der Waals surface area contributed by atoms with Gasteiger partial charge in [0.2, 0.25) is 0 Å². The van der Waals surface area contributed by atoms with Crippen molar-refractivity contribution >= 4 is 43.3 Å². The van der Waals surface area contributed by atoms with Crippen molar-refractivity contribution < 1.29 is 22.5 Å². The molecule has 0 saturated heterocycles. The molecule has 0 spiro atoms. The van der Waals surface area contributed by atoms with Crippen molar-refractivity contribution in [1.29, 1.82) is 0 Å². The number of nitrogen functional groups attached to an aromatic ring is 1. The zero-order valence-corrected chi connectivity index (χ0v) is 15.8. The molecule has 4 rings (SSSR count). The Bertz CT molecular complexity index is 1370. The van der Waals surface area contributed by atoms with Gasteiger partial charge in [-0.3, -0.25) is 5.84 Å². The summed E-state index contributed by atoms with van der Waals surface area (Å²) >= 11 is 0. The molecule has 0 radical (unpaired) electrons. The highest BCUT2D eigenvalue weighted by Gasteiger charge is 2.28. The lowest BCUT2D eigenvalue weighted by Gasteiger charge is -2.13. The molecular formula is C21H16N2O5S. The number of carbonyl (C=O) groups is 1. The highest BCUT2D eigenvalue weighted by atomic mass is 32.2. The van der Waals surface area contributed by atoms with Gasteiger partial charge in [-0.15, -0.1) is 0 Å². The summed E-state index contributed by atoms with van der Waals surface area (Å²) in [6.45, 7) is 0. The number of hydrogen-bond donors (Lipinski definition) is 3. The summed E-state index contributed by atoms with van der Waals surface area (Å²) in [4.78, 5) is 12.3. The normalized spacial score (nSPS) is 11.5. The Balaban J connectivity index is 1.80. The predicted octanol–water partition coefficient (Wildman–Crippen LogP) is 3.53. The van der Waals surface area contributed by atoms with Crippen LogP contribution in [0.5, 0.6) is 5.75 Å². The lowest BCUT2D eigenvalue weighted by Crippen LogP contribution is -2.18. The van der Waals surface area contributed by atoms with Gasteiger partial charge >= 0.3 is 16.1 Å². The van der Waals surface area contributed by atoms with E-state index in [4.69, 9.17) is 10.0 Å². The third kappa shape index (κ3) is 3.24. The van der Waals surface area contributed by atoms with Crippen molar-refractivity contribution in [3.63, 3.8) is 0 Å². The SMILES string of the molecule is NNc1c(C(=O)OS(=O)(=O)c2c(O)ccc3ccccc23)ccc2ccccc12. The maximum Gasteiger partial charge on any atom is 0.356 e. The third-order valence-corrected chi connectivity index (χ3v) is 5.89. The molecule has 0 unspecified atom stereocenters. The molecule has 0 heterocycles. The molecule has 0 bridgehead atoms. The van der Waals surface area contributed by atoms with Gasteiger partial charge in [0.25, 0.3) is 0 Å². The van der Waals surface area contributed by atoms with Crippen molar-refractivity contribution in [3.05, 3.63) is 78.4 Å². The van der Waals surface area contributed by atoms with E-state index in [0.29, 0.717) is 10.8 Å². The summed E-state index contributed by atoms with van der Waals surface area (Å²) in [6, 6.07) is 19.6. The van der Waals surface area contributed by atoms with E-state index < -0.39 is 26.7 Å². The van der Waals surface area contributed by atoms with Gasteiger partial charge in [0.1, 0.15) is 5.75 Å². The number of fused-ring (bicyclic) bond motifs is 2. The van der Waals surface area contributed by atoms with E-state index in [1.54, 1.807) is 42.5 Å². The topological polar surface area (TPSA) is 119 Å². The Kier molecular flexibility index (Phi) is 4.57. The molecular weight excluding hydrogens is 392 g/mol. The van der Waals surface area contributed by atoms with E-state index in [1.165, 1.54) is 18.2 Å². The molecule has 29 heavy (non-hydrogen) atoms. The first-order valence-electron chi connectivity index (χ1n) is 8.60. The van der Waals surface area contributed by atoms with Gasteiger partial charge in [0.05, 0.1) is 11.3 Å². The summed E-state index contributed by atoms with van der Waals surface area (Å²) in [5, 5.41) is 12.4. The number of hydrogen-bond acceptors (Lipinski definition) is 7. The number of carbonyl (C=O) groups excluding carboxylic acids is 1. The number of anilines is 1. The van der Waals surface area contributed by atoms with Gasteiger partial charge in [-0.2, -0.15) is 8.42 Å². The Labute approximate surface area is 166 Å². The fraction of sp³-hybridized carbons (Fsp3) is 0. The van der Waals surface area contributed by atoms with Gasteiger partial charge in [-0.1, -0.05) is 60.7 Å². The Morgan fingerprint density at radius 1 is 0.862 bits per heavy atom. The van der Waals surface area contributed by atoms with Crippen molar-refractivity contribution in [2.75, 3.05) is 5.43 Å². The maximum absolute atomic E-state index is 12.9. The second kappa shape index (κ2) is 7.08. The van der Waals surface area contributed by atoms with Crippen LogP contribution < -0.4 is 11.3 Å². The van der Waals surface area contributed by atoms with Gasteiger partial charge in [0, 0.05) is 10.8 Å². The average molecular weight is 408 g/mol. The predicted molar refractivity (Wildman–Crippen MR) is 110 cm³/mol. The van der Waals surface area contributed by atoms with Gasteiger partial charge in [0.15, 0.2) is 4.90 Å². The number of aromatic hydroxyl groups is 1. The van der Waals surface area contributed by atoms with Crippen LogP contribution in [0.3, 0.4) is 0 Å². The van der Waals surface area contributed by atoms with Crippen LogP contribution >= 0.6 is 0 Å². The zero-order chi connectivity index (χ0) is 20.6. The molecule has 8 heteroatoms. The molecule has 0 fully saturated rings. The summed E-state index contributed by atoms with van der Waals surface area (Å²) in [6.07, 6.45) is 0. The maximum atomic E-state index is 12.9. The molecule has 4 aromatic carbocycles. The first-order valence-corrected chi connectivity index (χ1v) is 10.0. The largest absolute Gasteiger partial charge is 0.506 e. The van der Waals surface area contributed by atoms with E-state index in [1.807, 2.05) is 12.1 Å². The zero-order valence-electron chi connectivity index (χ0n) is 15.0. The highest BCUT2D eigenvalue weighted by Crippen LogP contribution is 2.34. The quantitative estimate of drug-likeness (QED) is 0.268. The fourth-order valence-corrected chi connectivity index (χ4v) is 4.43. The van der Waals surface area contributed by atoms with Crippen molar-refractivity contribution in [2.24, 2.45) is 5.84 Å². The number of nitrogens with one attached hydrogen (secondary N) is 1. The number of nitrogens with two attached hydrogens (primary N) is 1. The second-order valence-electron chi connectivity index (χ2n) is 6.31. The standard InChI is InChI=1S/C21H16N2O5S/c22-23-19-15-7-3-1-5-13(15)9-11-17(19)21(25)28-29(26,27)20-16-8-4-2-6-14(16)10-12-18(20)24/h1-12,23-24H,22H2. The lowest BCUT2D eigenvalue weighted by molar-refractivity contribution is 0.0748. The van der Waals surface area contributed by atoms with Crippen LogP contribution in [0.2, 0.25) is 0 Å². The molecule has 0 aliphatic heterocycles. The minimum absolute atomic E-state index is 0.0468. The molecule has 4 aromatic rings. The molecule has 0 aliphatic carbocycles. The van der Waals surface area contributed by atoms with Crippen LogP contribution in [0, 0.1) is 0 Å². The number of benzene rings is 4. The van der Waals surface area contributed by atoms with Crippen LogP contribution in [0.15, 0.2) is 77.7 Å². The van der Waals surface area contributed by atoms with Gasteiger partial charge < -0.3 is 14.7 Å². The van der Waals surface area contributed by atoms with Crippen LogP contribution in [-0.2, 0) is 14.3 Å². The molecule has 0 atom stereocenters. The number of hydrazine groups is 1. The monoisotopic (exact) mass is 408 g/mol. The van der Waals surface area contributed by atoms with E-state index >= 15 is 0 Å². The number of rotatable bonds is 4. The Morgan fingerprint density at radius 2 is 1.45 bits per heavy atom. The second-order valence-corrected chi connectivity index (χ2v) is 7.80. The van der Waals surface area contributed by atoms with Crippen LogP contribution in [0.1, 0.15) is 10.4 Å². The molecule has 0 aromatic heterocycles. The first kappa shape index (κ1) is 18.7. The van der Waals surface area contributed by atoms with E-state index in [2.05, 4.69) is 5.43 Å². The van der Waals surface area contributed by atoms with Crippen molar-refractivity contribution in [3.8, 4) is 5.75 Å². The van der Waals surface area contributed by atoms with Gasteiger partial charge in [-0.25, -0.2) is 4.79 Å². The average Bonchev–Trinajstić information content (AvgIpc) is 2.72. The summed E-state index contributed by atoms with van der Waals surface area (Å²) in [5.41, 5.74) is 2.64. The third-order valence-electron chi connectivity index (χ3n) is 4.59. The fourth-order valence-electron chi connectivity index (χ4n) is 3.28. The summed E-state index contributed by atoms with van der Waals surface area (Å²) in [5.74, 6) is 3.96. The minimum Gasteiger partial charge on any atom is -0.506 e.